The van der Waals surface area contributed by atoms with Gasteiger partial charge in [-0.1, -0.05) is 47.5 Å². The molecule has 0 amide bonds. The zero-order chi connectivity index (χ0) is 10.5. The highest BCUT2D eigenvalue weighted by Crippen LogP contribution is 2.30. The third-order valence-corrected chi connectivity index (χ3v) is 2.65. The summed E-state index contributed by atoms with van der Waals surface area (Å²) in [6.45, 7) is 10.7. The maximum atomic E-state index is 10.1. The Hall–Kier alpha value is -0.0400. The molecule has 0 spiro atoms. The van der Waals surface area contributed by atoms with Crippen molar-refractivity contribution < 1.29 is 5.11 Å². The van der Waals surface area contributed by atoms with Crippen LogP contribution in [-0.2, 0) is 0 Å². The van der Waals surface area contributed by atoms with Gasteiger partial charge in [-0.3, -0.25) is 0 Å². The fourth-order valence-electron chi connectivity index (χ4n) is 1.91. The normalized spacial score (nSPS) is 15.0. The fraction of sp³-hybridized carbons (Fsp3) is 1.00. The minimum absolute atomic E-state index is 0.0367. The summed E-state index contributed by atoms with van der Waals surface area (Å²) in [4.78, 5) is 0. The number of hydrogen-bond donors (Lipinski definition) is 1. The Labute approximate surface area is 83.5 Å². The quantitative estimate of drug-likeness (QED) is 0.695. The van der Waals surface area contributed by atoms with E-state index in [2.05, 4.69) is 34.6 Å². The highest BCUT2D eigenvalue weighted by Gasteiger charge is 2.28. The Balaban J connectivity index is 4.18. The second kappa shape index (κ2) is 5.64. The molecule has 13 heavy (non-hydrogen) atoms. The first-order chi connectivity index (χ1) is 5.93. The van der Waals surface area contributed by atoms with Crippen LogP contribution in [0.5, 0.6) is 0 Å². The largest absolute Gasteiger partial charge is 0.392 e. The van der Waals surface area contributed by atoms with Gasteiger partial charge in [0.25, 0.3) is 0 Å². The van der Waals surface area contributed by atoms with E-state index in [1.165, 1.54) is 12.8 Å². The molecule has 80 valence electrons. The van der Waals surface area contributed by atoms with E-state index < -0.39 is 0 Å². The van der Waals surface area contributed by atoms with Gasteiger partial charge in [-0.2, -0.15) is 0 Å². The second-order valence-electron chi connectivity index (χ2n) is 5.15. The van der Waals surface area contributed by atoms with E-state index in [1.54, 1.807) is 0 Å². The molecular weight excluding hydrogens is 160 g/mol. The molecule has 0 aliphatic rings. The van der Waals surface area contributed by atoms with Gasteiger partial charge in [-0.25, -0.2) is 0 Å². The molecule has 1 nitrogen and oxygen atoms in total. The Bertz CT molecular complexity index is 118. The molecule has 0 saturated heterocycles. The van der Waals surface area contributed by atoms with Gasteiger partial charge in [0.2, 0.25) is 0 Å². The van der Waals surface area contributed by atoms with Crippen LogP contribution in [0.1, 0.15) is 60.3 Å². The van der Waals surface area contributed by atoms with Crippen LogP contribution in [0.4, 0.5) is 0 Å². The molecule has 0 aliphatic carbocycles. The van der Waals surface area contributed by atoms with E-state index in [9.17, 15) is 5.11 Å². The number of hydrogen-bond acceptors (Lipinski definition) is 1. The summed E-state index contributed by atoms with van der Waals surface area (Å²) in [5, 5.41) is 10.1. The molecule has 0 heterocycles. The van der Waals surface area contributed by atoms with Crippen molar-refractivity contribution in [3.05, 3.63) is 0 Å². The van der Waals surface area contributed by atoms with Crippen molar-refractivity contribution in [3.63, 3.8) is 0 Å². The summed E-state index contributed by atoms with van der Waals surface area (Å²) in [7, 11) is 0. The first-order valence-electron chi connectivity index (χ1n) is 5.61. The molecule has 0 rings (SSSR count). The molecule has 0 bridgehead atoms. The summed E-state index contributed by atoms with van der Waals surface area (Å²) in [5.74, 6) is 0.495. The van der Waals surface area contributed by atoms with Crippen molar-refractivity contribution in [1.29, 1.82) is 0 Å². The van der Waals surface area contributed by atoms with Crippen LogP contribution < -0.4 is 0 Å². The minimum atomic E-state index is -0.146. The van der Waals surface area contributed by atoms with Crippen molar-refractivity contribution in [1.82, 2.24) is 0 Å². The standard InChI is InChI=1S/C12H26O/c1-6-8-10(9-7-2)11(13)12(3,4)5/h10-11,13H,6-9H2,1-5H3. The van der Waals surface area contributed by atoms with Crippen LogP contribution >= 0.6 is 0 Å². The van der Waals surface area contributed by atoms with Crippen LogP contribution in [0.2, 0.25) is 0 Å². The molecule has 0 aliphatic heterocycles. The van der Waals surface area contributed by atoms with Crippen molar-refractivity contribution in [2.75, 3.05) is 0 Å². The Morgan fingerprint density at radius 1 is 1.00 bits per heavy atom. The van der Waals surface area contributed by atoms with Crippen LogP contribution in [-0.4, -0.2) is 11.2 Å². The predicted octanol–water partition coefficient (Wildman–Crippen LogP) is 3.61. The molecule has 1 heteroatoms. The fourth-order valence-corrected chi connectivity index (χ4v) is 1.91. The van der Waals surface area contributed by atoms with Gasteiger partial charge in [0.15, 0.2) is 0 Å². The Morgan fingerprint density at radius 2 is 1.38 bits per heavy atom. The van der Waals surface area contributed by atoms with Crippen molar-refractivity contribution in [3.8, 4) is 0 Å². The SMILES string of the molecule is CCCC(CCC)C(O)C(C)(C)C. The van der Waals surface area contributed by atoms with E-state index in [4.69, 9.17) is 0 Å². The lowest BCUT2D eigenvalue weighted by Gasteiger charge is -2.33. The van der Waals surface area contributed by atoms with E-state index >= 15 is 0 Å². The monoisotopic (exact) mass is 186 g/mol. The summed E-state index contributed by atoms with van der Waals surface area (Å²) in [6, 6.07) is 0. The van der Waals surface area contributed by atoms with E-state index in [1.807, 2.05) is 0 Å². The van der Waals surface area contributed by atoms with Crippen LogP contribution in [0.3, 0.4) is 0 Å². The maximum Gasteiger partial charge on any atom is 0.0616 e. The van der Waals surface area contributed by atoms with Crippen molar-refractivity contribution >= 4 is 0 Å². The average molecular weight is 186 g/mol. The number of aliphatic hydroxyl groups excluding tert-OH is 1. The van der Waals surface area contributed by atoms with Gasteiger partial charge >= 0.3 is 0 Å². The first-order valence-corrected chi connectivity index (χ1v) is 5.61. The molecule has 0 saturated carbocycles. The smallest absolute Gasteiger partial charge is 0.0616 e. The molecule has 0 aromatic heterocycles. The van der Waals surface area contributed by atoms with Crippen LogP contribution in [0.15, 0.2) is 0 Å². The molecule has 1 unspecified atom stereocenters. The van der Waals surface area contributed by atoms with Crippen molar-refractivity contribution in [2.24, 2.45) is 11.3 Å². The molecule has 0 aromatic carbocycles. The zero-order valence-corrected chi connectivity index (χ0v) is 9.93. The van der Waals surface area contributed by atoms with Crippen LogP contribution in [0.25, 0.3) is 0 Å². The number of aliphatic hydroxyl groups is 1. The Kier molecular flexibility index (Phi) is 5.62. The third-order valence-electron chi connectivity index (χ3n) is 2.65. The summed E-state index contributed by atoms with van der Waals surface area (Å²) < 4.78 is 0. The molecular formula is C12H26O. The molecule has 0 aromatic rings. The average Bonchev–Trinajstić information content (AvgIpc) is 2.01. The second-order valence-corrected chi connectivity index (χ2v) is 5.15. The summed E-state index contributed by atoms with van der Waals surface area (Å²) in [5.41, 5.74) is 0.0367. The number of rotatable bonds is 5. The van der Waals surface area contributed by atoms with Gasteiger partial charge in [-0.15, -0.1) is 0 Å². The first kappa shape index (κ1) is 13.0. The van der Waals surface area contributed by atoms with Crippen LogP contribution in [0, 0.1) is 11.3 Å². The highest BCUT2D eigenvalue weighted by molar-refractivity contribution is 4.79. The zero-order valence-electron chi connectivity index (χ0n) is 9.93. The topological polar surface area (TPSA) is 20.2 Å². The van der Waals surface area contributed by atoms with Gasteiger partial charge < -0.3 is 5.11 Å². The Morgan fingerprint density at radius 3 is 1.62 bits per heavy atom. The van der Waals surface area contributed by atoms with Gasteiger partial charge in [0.05, 0.1) is 6.10 Å². The molecule has 1 atom stereocenters. The van der Waals surface area contributed by atoms with E-state index in [0.717, 1.165) is 12.8 Å². The molecule has 0 fully saturated rings. The van der Waals surface area contributed by atoms with Gasteiger partial charge in [0, 0.05) is 0 Å². The van der Waals surface area contributed by atoms with Gasteiger partial charge in [-0.05, 0) is 24.2 Å². The lowest BCUT2D eigenvalue weighted by atomic mass is 9.78. The lowest BCUT2D eigenvalue weighted by molar-refractivity contribution is 0.00469. The molecule has 1 N–H and O–H groups in total. The van der Waals surface area contributed by atoms with E-state index in [-0.39, 0.29) is 11.5 Å². The molecule has 0 radical (unpaired) electrons. The highest BCUT2D eigenvalue weighted by atomic mass is 16.3. The maximum absolute atomic E-state index is 10.1. The summed E-state index contributed by atoms with van der Waals surface area (Å²) >= 11 is 0. The summed E-state index contributed by atoms with van der Waals surface area (Å²) in [6.07, 6.45) is 4.53. The third kappa shape index (κ3) is 4.66. The van der Waals surface area contributed by atoms with Gasteiger partial charge in [0.1, 0.15) is 0 Å². The van der Waals surface area contributed by atoms with Crippen molar-refractivity contribution in [2.45, 2.75) is 66.4 Å². The minimum Gasteiger partial charge on any atom is -0.392 e. The lowest BCUT2D eigenvalue weighted by Crippen LogP contribution is -2.33. The van der Waals surface area contributed by atoms with E-state index in [0.29, 0.717) is 5.92 Å². The predicted molar refractivity (Wildman–Crippen MR) is 58.8 cm³/mol.